The molecule has 4 aromatic rings. The van der Waals surface area contributed by atoms with Gasteiger partial charge in [0.15, 0.2) is 0 Å². The Morgan fingerprint density at radius 2 is 1.78 bits per heavy atom. The molecule has 1 unspecified atom stereocenters. The number of fused-ring (bicyclic) bond motifs is 1. The molecule has 1 atom stereocenters. The Balaban J connectivity index is 1.57. The molecule has 6 heteroatoms. The second-order valence-electron chi connectivity index (χ2n) is 8.78. The van der Waals surface area contributed by atoms with Gasteiger partial charge in [0.1, 0.15) is 12.0 Å². The van der Waals surface area contributed by atoms with Gasteiger partial charge in [-0.2, -0.15) is 0 Å². The second kappa shape index (κ2) is 11.4. The van der Waals surface area contributed by atoms with Crippen LogP contribution >= 0.6 is 0 Å². The summed E-state index contributed by atoms with van der Waals surface area (Å²) in [5.74, 6) is 6.23. The number of aldehydes is 1. The molecule has 4 rings (SSSR count). The highest BCUT2D eigenvalue weighted by molar-refractivity contribution is 5.97. The predicted octanol–water partition coefficient (Wildman–Crippen LogP) is 4.50. The first-order chi connectivity index (χ1) is 17.5. The van der Waals surface area contributed by atoms with Gasteiger partial charge >= 0.3 is 0 Å². The van der Waals surface area contributed by atoms with Crippen molar-refractivity contribution in [3.63, 3.8) is 0 Å². The van der Waals surface area contributed by atoms with Crippen LogP contribution < -0.4 is 10.1 Å². The van der Waals surface area contributed by atoms with E-state index in [1.807, 2.05) is 44.3 Å². The normalized spacial score (nSPS) is 11.6. The molecule has 0 aliphatic heterocycles. The fourth-order valence-corrected chi connectivity index (χ4v) is 3.92. The number of carbonyl (C=O) groups is 2. The minimum Gasteiger partial charge on any atom is -0.490 e. The van der Waals surface area contributed by atoms with Crippen LogP contribution in [0.25, 0.3) is 10.9 Å². The lowest BCUT2D eigenvalue weighted by Gasteiger charge is -2.19. The zero-order chi connectivity index (χ0) is 25.5. The molecule has 0 aliphatic carbocycles. The van der Waals surface area contributed by atoms with E-state index in [2.05, 4.69) is 22.1 Å². The number of para-hydroxylation sites is 1. The van der Waals surface area contributed by atoms with Gasteiger partial charge in [0.2, 0.25) is 0 Å². The lowest BCUT2D eigenvalue weighted by molar-refractivity contribution is 0.0910. The smallest absolute Gasteiger partial charge is 0.255 e. The Bertz CT molecular complexity index is 1420. The van der Waals surface area contributed by atoms with E-state index in [9.17, 15) is 14.7 Å². The zero-order valence-electron chi connectivity index (χ0n) is 20.2. The molecule has 0 fully saturated rings. The number of aliphatic hydroxyl groups excluding tert-OH is 1. The van der Waals surface area contributed by atoms with Crippen LogP contribution in [-0.2, 0) is 6.42 Å². The number of H-pyrrole nitrogens is 1. The lowest BCUT2D eigenvalue weighted by atomic mass is 10.0. The molecule has 0 bridgehead atoms. The highest BCUT2D eigenvalue weighted by Gasteiger charge is 2.19. The van der Waals surface area contributed by atoms with Crippen molar-refractivity contribution in [2.75, 3.05) is 6.61 Å². The molecule has 36 heavy (non-hydrogen) atoms. The number of aromatic amines is 1. The SMILES string of the molecule is CC(C)Oc1ccc(C#Cc2ccc(C=O)cc2)cc1C(=O)NC(CO)Cc1c[nH]c2ccccc12. The van der Waals surface area contributed by atoms with Crippen molar-refractivity contribution in [2.24, 2.45) is 0 Å². The van der Waals surface area contributed by atoms with E-state index in [1.165, 1.54) is 0 Å². The minimum atomic E-state index is -0.477. The first-order valence-corrected chi connectivity index (χ1v) is 11.8. The highest BCUT2D eigenvalue weighted by atomic mass is 16.5. The summed E-state index contributed by atoms with van der Waals surface area (Å²) in [5, 5.41) is 14.0. The van der Waals surface area contributed by atoms with Gasteiger partial charge in [0, 0.05) is 33.8 Å². The summed E-state index contributed by atoms with van der Waals surface area (Å²) in [6.45, 7) is 3.58. The molecule has 0 aliphatic rings. The third kappa shape index (κ3) is 6.01. The van der Waals surface area contributed by atoms with E-state index in [0.717, 1.165) is 28.3 Å². The first-order valence-electron chi connectivity index (χ1n) is 11.8. The average Bonchev–Trinajstić information content (AvgIpc) is 3.30. The molecule has 0 saturated carbocycles. The summed E-state index contributed by atoms with van der Waals surface area (Å²) in [6.07, 6.45) is 3.05. The van der Waals surface area contributed by atoms with Crippen LogP contribution in [0.15, 0.2) is 72.9 Å². The topological polar surface area (TPSA) is 91.4 Å². The van der Waals surface area contributed by atoms with Crippen LogP contribution in [0.4, 0.5) is 0 Å². The van der Waals surface area contributed by atoms with Crippen LogP contribution in [0.5, 0.6) is 5.75 Å². The quantitative estimate of drug-likeness (QED) is 0.256. The van der Waals surface area contributed by atoms with Crippen LogP contribution in [0.1, 0.15) is 51.3 Å². The van der Waals surface area contributed by atoms with Crippen LogP contribution in [-0.4, -0.2) is 41.0 Å². The fraction of sp³-hybridized carbons (Fsp3) is 0.200. The van der Waals surface area contributed by atoms with Gasteiger partial charge in [0.05, 0.1) is 24.3 Å². The Labute approximate surface area is 210 Å². The van der Waals surface area contributed by atoms with Gasteiger partial charge in [-0.25, -0.2) is 0 Å². The van der Waals surface area contributed by atoms with Crippen LogP contribution in [0.3, 0.4) is 0 Å². The van der Waals surface area contributed by atoms with Crippen molar-refractivity contribution < 1.29 is 19.4 Å². The van der Waals surface area contributed by atoms with Gasteiger partial charge in [-0.3, -0.25) is 9.59 Å². The van der Waals surface area contributed by atoms with Crippen molar-refractivity contribution in [2.45, 2.75) is 32.4 Å². The molecule has 1 amide bonds. The Morgan fingerprint density at radius 1 is 1.06 bits per heavy atom. The summed E-state index contributed by atoms with van der Waals surface area (Å²) < 4.78 is 5.88. The largest absolute Gasteiger partial charge is 0.490 e. The molecule has 1 aromatic heterocycles. The standard InChI is InChI=1S/C30H28N2O4/c1-20(2)36-29-14-13-22(10-7-21-8-11-23(18-33)12-9-21)15-27(29)30(35)32-25(19-34)16-24-17-31-28-6-4-3-5-26(24)28/h3-6,8-9,11-15,17-18,20,25,31,34H,16,19H2,1-2H3,(H,32,35). The van der Waals surface area contributed by atoms with Gasteiger partial charge < -0.3 is 20.1 Å². The van der Waals surface area contributed by atoms with E-state index < -0.39 is 6.04 Å². The number of benzene rings is 3. The average molecular weight is 481 g/mol. The maximum absolute atomic E-state index is 13.3. The molecular weight excluding hydrogens is 452 g/mol. The van der Waals surface area contributed by atoms with Crippen molar-refractivity contribution in [1.29, 1.82) is 0 Å². The molecule has 1 heterocycles. The number of aromatic nitrogens is 1. The molecule has 6 nitrogen and oxygen atoms in total. The van der Waals surface area contributed by atoms with Crippen molar-refractivity contribution in [3.05, 3.63) is 101 Å². The first kappa shape index (κ1) is 24.8. The molecule has 182 valence electrons. The molecular formula is C30H28N2O4. The van der Waals surface area contributed by atoms with Gasteiger partial charge in [-0.1, -0.05) is 42.2 Å². The molecule has 0 radical (unpaired) electrons. The van der Waals surface area contributed by atoms with E-state index >= 15 is 0 Å². The summed E-state index contributed by atoms with van der Waals surface area (Å²) in [5.41, 5.74) is 4.37. The van der Waals surface area contributed by atoms with Gasteiger partial charge in [0.25, 0.3) is 5.91 Å². The van der Waals surface area contributed by atoms with Crippen molar-refractivity contribution in [3.8, 4) is 17.6 Å². The molecule has 0 saturated heterocycles. The second-order valence-corrected chi connectivity index (χ2v) is 8.78. The summed E-state index contributed by atoms with van der Waals surface area (Å²) in [6, 6.07) is 19.6. The maximum atomic E-state index is 13.3. The maximum Gasteiger partial charge on any atom is 0.255 e. The lowest BCUT2D eigenvalue weighted by Crippen LogP contribution is -2.39. The number of amides is 1. The number of nitrogens with one attached hydrogen (secondary N) is 2. The summed E-state index contributed by atoms with van der Waals surface area (Å²) in [4.78, 5) is 27.4. The Hall–Kier alpha value is -4.34. The number of aliphatic hydroxyl groups is 1. The number of rotatable bonds is 8. The monoisotopic (exact) mass is 480 g/mol. The van der Waals surface area contributed by atoms with Crippen molar-refractivity contribution in [1.82, 2.24) is 10.3 Å². The minimum absolute atomic E-state index is 0.121. The molecule has 3 N–H and O–H groups in total. The number of carbonyl (C=O) groups excluding carboxylic acids is 2. The number of ether oxygens (including phenoxy) is 1. The zero-order valence-corrected chi connectivity index (χ0v) is 20.2. The number of hydrogen-bond acceptors (Lipinski definition) is 4. The van der Waals surface area contributed by atoms with E-state index in [0.29, 0.717) is 28.9 Å². The van der Waals surface area contributed by atoms with Crippen molar-refractivity contribution >= 4 is 23.1 Å². The van der Waals surface area contributed by atoms with Gasteiger partial charge in [-0.15, -0.1) is 0 Å². The highest BCUT2D eigenvalue weighted by Crippen LogP contribution is 2.23. The van der Waals surface area contributed by atoms with E-state index in [4.69, 9.17) is 4.74 Å². The summed E-state index contributed by atoms with van der Waals surface area (Å²) >= 11 is 0. The van der Waals surface area contributed by atoms with Crippen LogP contribution in [0.2, 0.25) is 0 Å². The van der Waals surface area contributed by atoms with E-state index in [-0.39, 0.29) is 18.6 Å². The fourth-order valence-electron chi connectivity index (χ4n) is 3.92. The molecule has 0 spiro atoms. The number of hydrogen-bond donors (Lipinski definition) is 3. The Kier molecular flexibility index (Phi) is 7.84. The Morgan fingerprint density at radius 3 is 2.50 bits per heavy atom. The van der Waals surface area contributed by atoms with E-state index in [1.54, 1.807) is 42.5 Å². The van der Waals surface area contributed by atoms with Crippen LogP contribution in [0, 0.1) is 11.8 Å². The third-order valence-electron chi connectivity index (χ3n) is 5.68. The molecule has 3 aromatic carbocycles. The van der Waals surface area contributed by atoms with Gasteiger partial charge in [-0.05, 0) is 62.2 Å². The summed E-state index contributed by atoms with van der Waals surface area (Å²) in [7, 11) is 0. The third-order valence-corrected chi connectivity index (χ3v) is 5.68. The predicted molar refractivity (Wildman–Crippen MR) is 140 cm³/mol.